The first-order valence-electron chi connectivity index (χ1n) is 8.66. The number of β-amino-alcohol motifs (C(OH)–C–C–N with tert-alkyl or cyclic N) is 1. The number of likely N-dealkylation sites (tertiary alicyclic amines) is 1. The Bertz CT molecular complexity index is 959. The summed E-state index contributed by atoms with van der Waals surface area (Å²) in [5, 5.41) is 11.1. The SMILES string of the molecule is Cc1ccccc1C1(O)CCN(CCn2c(=O)oc3ccccc32)C1. The standard InChI is InChI=1S/C20H22N2O3/c1-15-6-2-3-7-16(15)20(24)10-11-21(14-20)12-13-22-17-8-4-5-9-18(17)25-19(22)23/h2-9,24H,10-14H2,1H3. The van der Waals surface area contributed by atoms with Gasteiger partial charge in [-0.25, -0.2) is 4.79 Å². The number of hydrogen-bond acceptors (Lipinski definition) is 4. The molecule has 1 saturated heterocycles. The molecule has 4 rings (SSSR count). The summed E-state index contributed by atoms with van der Waals surface area (Å²) in [5.74, 6) is -0.324. The van der Waals surface area contributed by atoms with Gasteiger partial charge in [-0.3, -0.25) is 9.47 Å². The van der Waals surface area contributed by atoms with Crippen LogP contribution in [0, 0.1) is 6.92 Å². The van der Waals surface area contributed by atoms with Crippen molar-refractivity contribution in [3.8, 4) is 0 Å². The number of benzene rings is 2. The van der Waals surface area contributed by atoms with Crippen molar-refractivity contribution >= 4 is 11.1 Å². The molecule has 1 atom stereocenters. The number of fused-ring (bicyclic) bond motifs is 1. The molecular weight excluding hydrogens is 316 g/mol. The van der Waals surface area contributed by atoms with E-state index in [2.05, 4.69) is 4.90 Å². The molecule has 2 aromatic carbocycles. The van der Waals surface area contributed by atoms with Crippen molar-refractivity contribution in [2.75, 3.05) is 19.6 Å². The zero-order chi connectivity index (χ0) is 17.4. The fourth-order valence-electron chi connectivity index (χ4n) is 3.84. The van der Waals surface area contributed by atoms with Crippen LogP contribution in [0.15, 0.2) is 57.7 Å². The van der Waals surface area contributed by atoms with Gasteiger partial charge in [0.05, 0.1) is 5.52 Å². The Balaban J connectivity index is 1.49. The fourth-order valence-corrected chi connectivity index (χ4v) is 3.84. The lowest BCUT2D eigenvalue weighted by molar-refractivity contribution is 0.0451. The van der Waals surface area contributed by atoms with E-state index < -0.39 is 5.60 Å². The molecule has 3 aromatic rings. The third-order valence-corrected chi connectivity index (χ3v) is 5.19. The van der Waals surface area contributed by atoms with Crippen molar-refractivity contribution in [2.24, 2.45) is 0 Å². The first-order chi connectivity index (χ1) is 12.1. The van der Waals surface area contributed by atoms with Gasteiger partial charge in [0, 0.05) is 26.2 Å². The monoisotopic (exact) mass is 338 g/mol. The Labute approximate surface area is 146 Å². The second-order valence-electron chi connectivity index (χ2n) is 6.86. The first kappa shape index (κ1) is 16.1. The molecule has 0 bridgehead atoms. The average molecular weight is 338 g/mol. The molecular formula is C20H22N2O3. The number of hydrogen-bond donors (Lipinski definition) is 1. The summed E-state index contributed by atoms with van der Waals surface area (Å²) in [6, 6.07) is 15.5. The van der Waals surface area contributed by atoms with Crippen LogP contribution in [-0.4, -0.2) is 34.2 Å². The van der Waals surface area contributed by atoms with E-state index in [0.717, 1.165) is 23.2 Å². The molecule has 0 radical (unpaired) electrons. The highest BCUT2D eigenvalue weighted by molar-refractivity contribution is 5.72. The lowest BCUT2D eigenvalue weighted by atomic mass is 9.89. The van der Waals surface area contributed by atoms with Crippen LogP contribution in [-0.2, 0) is 12.1 Å². The van der Waals surface area contributed by atoms with Gasteiger partial charge in [0.15, 0.2) is 5.58 Å². The lowest BCUT2D eigenvalue weighted by Crippen LogP contribution is -2.33. The van der Waals surface area contributed by atoms with Crippen molar-refractivity contribution in [2.45, 2.75) is 25.5 Å². The van der Waals surface area contributed by atoms with Crippen molar-refractivity contribution in [1.82, 2.24) is 9.47 Å². The Morgan fingerprint density at radius 1 is 1.12 bits per heavy atom. The van der Waals surface area contributed by atoms with Crippen molar-refractivity contribution in [3.63, 3.8) is 0 Å². The molecule has 130 valence electrons. The van der Waals surface area contributed by atoms with E-state index in [1.807, 2.05) is 49.4 Å². The Hall–Kier alpha value is -2.37. The molecule has 0 spiro atoms. The molecule has 1 fully saturated rings. The van der Waals surface area contributed by atoms with Crippen LogP contribution >= 0.6 is 0 Å². The zero-order valence-corrected chi connectivity index (χ0v) is 14.3. The minimum Gasteiger partial charge on any atom is -0.408 e. The van der Waals surface area contributed by atoms with E-state index in [1.165, 1.54) is 0 Å². The minimum absolute atomic E-state index is 0.324. The van der Waals surface area contributed by atoms with Gasteiger partial charge >= 0.3 is 5.76 Å². The third kappa shape index (κ3) is 2.90. The molecule has 1 N–H and O–H groups in total. The van der Waals surface area contributed by atoms with Crippen LogP contribution < -0.4 is 5.76 Å². The van der Waals surface area contributed by atoms with Crippen LogP contribution in [0.5, 0.6) is 0 Å². The maximum atomic E-state index is 12.1. The van der Waals surface area contributed by atoms with E-state index in [0.29, 0.717) is 31.6 Å². The topological polar surface area (TPSA) is 58.6 Å². The Morgan fingerprint density at radius 3 is 2.72 bits per heavy atom. The van der Waals surface area contributed by atoms with E-state index in [9.17, 15) is 9.90 Å². The number of nitrogens with zero attached hydrogens (tertiary/aromatic N) is 2. The molecule has 5 nitrogen and oxygen atoms in total. The van der Waals surface area contributed by atoms with Crippen LogP contribution in [0.3, 0.4) is 0 Å². The smallest absolute Gasteiger partial charge is 0.408 e. The number of para-hydroxylation sites is 2. The van der Waals surface area contributed by atoms with Gasteiger partial charge < -0.3 is 9.52 Å². The normalized spacial score (nSPS) is 21.2. The summed E-state index contributed by atoms with van der Waals surface area (Å²) in [7, 11) is 0. The number of oxazole rings is 1. The molecule has 2 heterocycles. The molecule has 1 aliphatic rings. The van der Waals surface area contributed by atoms with Crippen molar-refractivity contribution < 1.29 is 9.52 Å². The number of aryl methyl sites for hydroxylation is 1. The highest BCUT2D eigenvalue weighted by Gasteiger charge is 2.38. The molecule has 1 unspecified atom stereocenters. The maximum Gasteiger partial charge on any atom is 0.419 e. The summed E-state index contributed by atoms with van der Waals surface area (Å²) in [5.41, 5.74) is 2.74. The minimum atomic E-state index is -0.811. The molecule has 0 aliphatic carbocycles. The van der Waals surface area contributed by atoms with Gasteiger partial charge in [0.2, 0.25) is 0 Å². The molecule has 0 amide bonds. The lowest BCUT2D eigenvalue weighted by Gasteiger charge is -2.25. The summed E-state index contributed by atoms with van der Waals surface area (Å²) in [4.78, 5) is 14.3. The van der Waals surface area contributed by atoms with Crippen molar-refractivity contribution in [1.29, 1.82) is 0 Å². The second-order valence-corrected chi connectivity index (χ2v) is 6.86. The van der Waals surface area contributed by atoms with Gasteiger partial charge in [-0.2, -0.15) is 0 Å². The number of aromatic nitrogens is 1. The highest BCUT2D eigenvalue weighted by Crippen LogP contribution is 2.33. The van der Waals surface area contributed by atoms with Gasteiger partial charge in [0.1, 0.15) is 5.60 Å². The van der Waals surface area contributed by atoms with Gasteiger partial charge in [-0.05, 0) is 36.6 Å². The van der Waals surface area contributed by atoms with E-state index >= 15 is 0 Å². The van der Waals surface area contributed by atoms with Crippen LogP contribution in [0.2, 0.25) is 0 Å². The van der Waals surface area contributed by atoms with Crippen LogP contribution in [0.25, 0.3) is 11.1 Å². The quantitative estimate of drug-likeness (QED) is 0.794. The Kier molecular flexibility index (Phi) is 3.98. The van der Waals surface area contributed by atoms with Gasteiger partial charge in [-0.15, -0.1) is 0 Å². The second kappa shape index (κ2) is 6.17. The highest BCUT2D eigenvalue weighted by atomic mass is 16.4. The predicted octanol–water partition coefficient (Wildman–Crippen LogP) is 2.50. The predicted molar refractivity (Wildman–Crippen MR) is 96.6 cm³/mol. The van der Waals surface area contributed by atoms with Crippen LogP contribution in [0.1, 0.15) is 17.5 Å². The summed E-state index contributed by atoms with van der Waals surface area (Å²) in [6.07, 6.45) is 0.707. The van der Waals surface area contributed by atoms with E-state index in [-0.39, 0.29) is 5.76 Å². The molecule has 0 saturated carbocycles. The van der Waals surface area contributed by atoms with Gasteiger partial charge in [0.25, 0.3) is 0 Å². The molecule has 25 heavy (non-hydrogen) atoms. The Morgan fingerprint density at radius 2 is 1.88 bits per heavy atom. The van der Waals surface area contributed by atoms with Crippen molar-refractivity contribution in [3.05, 3.63) is 70.2 Å². The summed E-state index contributed by atoms with van der Waals surface area (Å²) < 4.78 is 6.95. The third-order valence-electron chi connectivity index (χ3n) is 5.19. The number of aliphatic hydroxyl groups is 1. The summed E-state index contributed by atoms with van der Waals surface area (Å²) in [6.45, 7) is 4.70. The first-order valence-corrected chi connectivity index (χ1v) is 8.66. The average Bonchev–Trinajstić information content (AvgIpc) is 3.13. The van der Waals surface area contributed by atoms with Crippen LogP contribution in [0.4, 0.5) is 0 Å². The van der Waals surface area contributed by atoms with Gasteiger partial charge in [-0.1, -0.05) is 36.4 Å². The number of rotatable bonds is 4. The molecule has 1 aromatic heterocycles. The maximum absolute atomic E-state index is 12.1. The fraction of sp³-hybridized carbons (Fsp3) is 0.350. The molecule has 5 heteroatoms. The zero-order valence-electron chi connectivity index (χ0n) is 14.3. The summed E-state index contributed by atoms with van der Waals surface area (Å²) >= 11 is 0. The molecule has 1 aliphatic heterocycles. The van der Waals surface area contributed by atoms with E-state index in [4.69, 9.17) is 4.42 Å². The van der Waals surface area contributed by atoms with E-state index in [1.54, 1.807) is 10.6 Å². The largest absolute Gasteiger partial charge is 0.419 e.